The Kier molecular flexibility index (Phi) is 64.8. The normalized spacial score (nSPS) is 13.1. The van der Waals surface area contributed by atoms with Crippen molar-refractivity contribution in [3.63, 3.8) is 0 Å². The fourth-order valence-electron chi connectivity index (χ4n) is 9.00. The number of unbranched alkanes of at least 4 members (excludes halogenated alkanes) is 25. The predicted octanol–water partition coefficient (Wildman–Crippen LogP) is 23.5. The molecule has 0 spiro atoms. The van der Waals surface area contributed by atoms with Crippen molar-refractivity contribution in [1.82, 2.24) is 0 Å². The summed E-state index contributed by atoms with van der Waals surface area (Å²) in [6, 6.07) is 0. The van der Waals surface area contributed by atoms with E-state index in [4.69, 9.17) is 14.2 Å². The van der Waals surface area contributed by atoms with Crippen LogP contribution in [0.5, 0.6) is 0 Å². The largest absolute Gasteiger partial charge is 0.462 e. The zero-order chi connectivity index (χ0) is 59.2. The number of hydrogen-bond acceptors (Lipinski definition) is 6. The van der Waals surface area contributed by atoms with Gasteiger partial charge >= 0.3 is 17.9 Å². The highest BCUT2D eigenvalue weighted by Gasteiger charge is 2.19. The average Bonchev–Trinajstić information content (AvgIpc) is 3.48. The number of hydrogen-bond donors (Lipinski definition) is 0. The molecule has 0 aromatic heterocycles. The highest BCUT2D eigenvalue weighted by molar-refractivity contribution is 5.71. The summed E-state index contributed by atoms with van der Waals surface area (Å²) in [7, 11) is 0. The van der Waals surface area contributed by atoms with Crippen LogP contribution in [0, 0.1) is 0 Å². The Morgan fingerprint density at radius 2 is 0.500 bits per heavy atom. The van der Waals surface area contributed by atoms with E-state index in [1.807, 2.05) is 0 Å². The van der Waals surface area contributed by atoms with Crippen molar-refractivity contribution in [2.45, 2.75) is 303 Å². The molecule has 464 valence electrons. The van der Waals surface area contributed by atoms with Crippen LogP contribution in [0.4, 0.5) is 0 Å². The van der Waals surface area contributed by atoms with Crippen molar-refractivity contribution >= 4 is 17.9 Å². The molecule has 1 atom stereocenters. The van der Waals surface area contributed by atoms with Crippen LogP contribution in [0.15, 0.2) is 146 Å². The van der Waals surface area contributed by atoms with Crippen LogP contribution in [0.1, 0.15) is 297 Å². The number of carbonyl (C=O) groups excluding carboxylic acids is 3. The molecule has 0 aromatic carbocycles. The van der Waals surface area contributed by atoms with Crippen LogP contribution in [0.2, 0.25) is 0 Å². The van der Waals surface area contributed by atoms with Crippen LogP contribution in [-0.4, -0.2) is 37.2 Å². The summed E-state index contributed by atoms with van der Waals surface area (Å²) in [4.78, 5) is 38.3. The minimum atomic E-state index is -0.795. The van der Waals surface area contributed by atoms with E-state index in [1.54, 1.807) is 0 Å². The number of rotatable bonds is 60. The van der Waals surface area contributed by atoms with Crippen molar-refractivity contribution in [3.8, 4) is 0 Å². The first-order chi connectivity index (χ1) is 40.5. The SMILES string of the molecule is CC/C=C\C/C=C\C/C=C\C/C=C\C/C=C\C/C=C\C/C=C\C/C=C\CCCCCCCCCCCCC(=O)OCC(COC(=O)CCCCCCC/C=C\CCC)OC(=O)CCCCCCCC/C=C\C/C=C\C/C=C\CCCCC. The van der Waals surface area contributed by atoms with E-state index in [0.717, 1.165) is 161 Å². The minimum absolute atomic E-state index is 0.0915. The predicted molar refractivity (Wildman–Crippen MR) is 357 cm³/mol. The molecule has 6 nitrogen and oxygen atoms in total. The molecular formula is C76H124O6. The average molecular weight is 1130 g/mol. The van der Waals surface area contributed by atoms with Gasteiger partial charge in [-0.1, -0.05) is 282 Å². The van der Waals surface area contributed by atoms with Gasteiger partial charge in [-0.3, -0.25) is 14.4 Å². The lowest BCUT2D eigenvalue weighted by molar-refractivity contribution is -0.167. The fourth-order valence-corrected chi connectivity index (χ4v) is 9.00. The first kappa shape index (κ1) is 77.3. The summed E-state index contributed by atoms with van der Waals surface area (Å²) in [6.45, 7) is 6.42. The summed E-state index contributed by atoms with van der Waals surface area (Å²) in [5, 5.41) is 0. The molecule has 0 aliphatic rings. The van der Waals surface area contributed by atoms with Gasteiger partial charge in [0, 0.05) is 19.3 Å². The highest BCUT2D eigenvalue weighted by atomic mass is 16.6. The Labute approximate surface area is 506 Å². The van der Waals surface area contributed by atoms with E-state index in [-0.39, 0.29) is 31.1 Å². The molecule has 0 aliphatic carbocycles. The number of allylic oxidation sites excluding steroid dienone is 24. The van der Waals surface area contributed by atoms with E-state index in [2.05, 4.69) is 167 Å². The molecule has 0 rings (SSSR count). The van der Waals surface area contributed by atoms with Crippen molar-refractivity contribution in [2.24, 2.45) is 0 Å². The molecule has 0 saturated heterocycles. The molecule has 0 heterocycles. The van der Waals surface area contributed by atoms with Crippen LogP contribution >= 0.6 is 0 Å². The fraction of sp³-hybridized carbons (Fsp3) is 0.645. The highest BCUT2D eigenvalue weighted by Crippen LogP contribution is 2.15. The van der Waals surface area contributed by atoms with E-state index < -0.39 is 6.10 Å². The summed E-state index contributed by atoms with van der Waals surface area (Å²) >= 11 is 0. The second-order valence-corrected chi connectivity index (χ2v) is 22.0. The zero-order valence-electron chi connectivity index (χ0n) is 53.2. The number of ether oxygens (including phenoxy) is 3. The molecule has 0 amide bonds. The lowest BCUT2D eigenvalue weighted by Gasteiger charge is -2.18. The third-order valence-corrected chi connectivity index (χ3v) is 14.0. The van der Waals surface area contributed by atoms with Crippen LogP contribution in [0.3, 0.4) is 0 Å². The molecule has 0 aliphatic heterocycles. The van der Waals surface area contributed by atoms with Gasteiger partial charge in [0.05, 0.1) is 0 Å². The zero-order valence-corrected chi connectivity index (χ0v) is 53.2. The minimum Gasteiger partial charge on any atom is -0.462 e. The topological polar surface area (TPSA) is 78.9 Å². The standard InChI is InChI=1S/C76H124O6/c1-4-7-10-13-16-19-22-24-26-28-30-31-32-33-34-35-36-37-38-39-40-41-42-43-44-45-47-48-50-52-54-57-60-63-66-69-75(78)81-72-73(71-80-74(77)68-65-62-59-56-21-18-15-12-9-6-3)82-76(79)70-67-64-61-58-55-53-51-49-46-29-27-25-23-20-17-14-11-8-5-2/h7,10,12,15-17,19-20,24-27,30-31,33-34,36-37,39-40,42-43,46,49,73H,4-6,8-9,11,13-14,18,21-23,28-29,32,35,38,41,44-45,47-48,50-72H2,1-3H3/b10-7-,15-12-,19-16-,20-17-,26-24-,27-25-,31-30-,34-33-,37-36-,40-39-,43-42-,49-46-. The first-order valence-corrected chi connectivity index (χ1v) is 33.8. The lowest BCUT2D eigenvalue weighted by atomic mass is 10.1. The summed E-state index contributed by atoms with van der Waals surface area (Å²) < 4.78 is 16.9. The van der Waals surface area contributed by atoms with Crippen molar-refractivity contribution in [3.05, 3.63) is 146 Å². The van der Waals surface area contributed by atoms with Gasteiger partial charge in [-0.25, -0.2) is 0 Å². The van der Waals surface area contributed by atoms with Crippen molar-refractivity contribution in [1.29, 1.82) is 0 Å². The maximum atomic E-state index is 12.9. The van der Waals surface area contributed by atoms with Gasteiger partial charge in [-0.05, 0) is 141 Å². The van der Waals surface area contributed by atoms with Gasteiger partial charge in [0.25, 0.3) is 0 Å². The Morgan fingerprint density at radius 3 is 0.805 bits per heavy atom. The van der Waals surface area contributed by atoms with E-state index in [0.29, 0.717) is 19.3 Å². The molecule has 0 aromatic rings. The van der Waals surface area contributed by atoms with Gasteiger partial charge in [0.1, 0.15) is 13.2 Å². The summed E-state index contributed by atoms with van der Waals surface area (Å²) in [6.07, 6.45) is 98.7. The number of esters is 3. The van der Waals surface area contributed by atoms with Gasteiger partial charge in [0.2, 0.25) is 0 Å². The van der Waals surface area contributed by atoms with Gasteiger partial charge in [-0.15, -0.1) is 0 Å². The van der Waals surface area contributed by atoms with Gasteiger partial charge in [-0.2, -0.15) is 0 Å². The van der Waals surface area contributed by atoms with Crippen molar-refractivity contribution in [2.75, 3.05) is 13.2 Å². The number of carbonyl (C=O) groups is 3. The van der Waals surface area contributed by atoms with E-state index in [1.165, 1.54) is 96.3 Å². The maximum Gasteiger partial charge on any atom is 0.306 e. The smallest absolute Gasteiger partial charge is 0.306 e. The third-order valence-electron chi connectivity index (χ3n) is 14.0. The first-order valence-electron chi connectivity index (χ1n) is 33.8. The van der Waals surface area contributed by atoms with Crippen molar-refractivity contribution < 1.29 is 28.6 Å². The molecular weight excluding hydrogens is 1010 g/mol. The second kappa shape index (κ2) is 68.8. The Balaban J connectivity index is 4.22. The molecule has 0 N–H and O–H groups in total. The van der Waals surface area contributed by atoms with Gasteiger partial charge in [0.15, 0.2) is 6.10 Å². The molecule has 82 heavy (non-hydrogen) atoms. The molecule has 1 unspecified atom stereocenters. The van der Waals surface area contributed by atoms with Crippen LogP contribution < -0.4 is 0 Å². The lowest BCUT2D eigenvalue weighted by Crippen LogP contribution is -2.30. The second-order valence-electron chi connectivity index (χ2n) is 22.0. The molecule has 0 saturated carbocycles. The molecule has 0 fully saturated rings. The van der Waals surface area contributed by atoms with Crippen LogP contribution in [-0.2, 0) is 28.6 Å². The Hall–Kier alpha value is -4.71. The quantitative estimate of drug-likeness (QED) is 0.0261. The van der Waals surface area contributed by atoms with Gasteiger partial charge < -0.3 is 14.2 Å². The summed E-state index contributed by atoms with van der Waals surface area (Å²) in [5.41, 5.74) is 0. The third kappa shape index (κ3) is 66.1. The Morgan fingerprint density at radius 1 is 0.256 bits per heavy atom. The monoisotopic (exact) mass is 1130 g/mol. The summed E-state index contributed by atoms with van der Waals surface area (Å²) in [5.74, 6) is -0.917. The molecule has 6 heteroatoms. The maximum absolute atomic E-state index is 12.9. The van der Waals surface area contributed by atoms with E-state index in [9.17, 15) is 14.4 Å². The Bertz CT molecular complexity index is 1780. The van der Waals surface area contributed by atoms with Crippen LogP contribution in [0.25, 0.3) is 0 Å². The molecule has 0 bridgehead atoms. The van der Waals surface area contributed by atoms with E-state index >= 15 is 0 Å². The molecule has 0 radical (unpaired) electrons.